The second-order valence-corrected chi connectivity index (χ2v) is 16.5. The molecule has 0 fully saturated rings. The third-order valence-electron chi connectivity index (χ3n) is 9.44. The zero-order valence-corrected chi connectivity index (χ0v) is 31.3. The van der Waals surface area contributed by atoms with Crippen LogP contribution in [0.2, 0.25) is 0 Å². The number of thiophene rings is 3. The molecule has 250 valence electrons. The Balaban J connectivity index is 1.64. The van der Waals surface area contributed by atoms with E-state index in [4.69, 9.17) is 9.47 Å². The Morgan fingerprint density at radius 2 is 1.30 bits per heavy atom. The monoisotopic (exact) mass is 681 g/mol. The van der Waals surface area contributed by atoms with Crippen LogP contribution in [0.5, 0.6) is 11.5 Å². The van der Waals surface area contributed by atoms with Crippen LogP contribution >= 0.6 is 34.0 Å². The van der Waals surface area contributed by atoms with Gasteiger partial charge >= 0.3 is 0 Å². The van der Waals surface area contributed by atoms with Crippen LogP contribution in [0.4, 0.5) is 0 Å². The number of hydrogen-bond acceptors (Lipinski definition) is 7. The predicted molar refractivity (Wildman–Crippen MR) is 198 cm³/mol. The van der Waals surface area contributed by atoms with Gasteiger partial charge in [0.2, 0.25) is 0 Å². The first-order valence-electron chi connectivity index (χ1n) is 17.5. The molecule has 4 aromatic rings. The largest absolute Gasteiger partial charge is 0.491 e. The Morgan fingerprint density at radius 3 is 1.93 bits per heavy atom. The van der Waals surface area contributed by atoms with Crippen molar-refractivity contribution >= 4 is 66.0 Å². The highest BCUT2D eigenvalue weighted by atomic mass is 32.1. The summed E-state index contributed by atoms with van der Waals surface area (Å²) < 4.78 is 15.8. The molecule has 5 nitrogen and oxygen atoms in total. The van der Waals surface area contributed by atoms with Crippen molar-refractivity contribution in [2.45, 2.75) is 113 Å². The van der Waals surface area contributed by atoms with Crippen molar-refractivity contribution in [3.05, 3.63) is 33.0 Å². The SMILES string of the molecule is CCCCCN1C(=O)c2c(C)sc(-c3cc4c(OCC(CC)CCCC)c5sc(C)cc5c(OCC(CC)CCC)c4s3)c2C1=O. The van der Waals surface area contributed by atoms with Crippen LogP contribution in [-0.2, 0) is 0 Å². The second-order valence-electron chi connectivity index (χ2n) is 12.9. The summed E-state index contributed by atoms with van der Waals surface area (Å²) >= 11 is 5.01. The van der Waals surface area contributed by atoms with E-state index in [1.807, 2.05) is 6.92 Å². The van der Waals surface area contributed by atoms with Gasteiger partial charge < -0.3 is 9.47 Å². The summed E-state index contributed by atoms with van der Waals surface area (Å²) in [4.78, 5) is 32.8. The summed E-state index contributed by atoms with van der Waals surface area (Å²) in [5.41, 5.74) is 1.17. The number of hydrogen-bond donors (Lipinski definition) is 0. The Kier molecular flexibility index (Phi) is 11.9. The van der Waals surface area contributed by atoms with Gasteiger partial charge in [-0.3, -0.25) is 14.5 Å². The van der Waals surface area contributed by atoms with Crippen LogP contribution in [0.1, 0.15) is 129 Å². The smallest absolute Gasteiger partial charge is 0.263 e. The van der Waals surface area contributed by atoms with E-state index >= 15 is 0 Å². The number of imide groups is 1. The zero-order valence-electron chi connectivity index (χ0n) is 28.8. The molecule has 46 heavy (non-hydrogen) atoms. The number of ether oxygens (including phenoxy) is 2. The summed E-state index contributed by atoms with van der Waals surface area (Å²) in [6, 6.07) is 4.45. The van der Waals surface area contributed by atoms with Gasteiger partial charge in [-0.05, 0) is 57.1 Å². The molecule has 1 aromatic carbocycles. The van der Waals surface area contributed by atoms with Crippen LogP contribution in [0, 0.1) is 25.7 Å². The average Bonchev–Trinajstić information content (AvgIpc) is 3.80. The summed E-state index contributed by atoms with van der Waals surface area (Å²) in [5, 5.41) is 2.17. The number of rotatable bonds is 18. The zero-order chi connectivity index (χ0) is 33.0. The molecule has 5 rings (SSSR count). The molecular formula is C38H51NO4S3. The van der Waals surface area contributed by atoms with Crippen molar-refractivity contribution < 1.29 is 19.1 Å². The fourth-order valence-corrected chi connectivity index (χ4v) is 10.0. The highest BCUT2D eigenvalue weighted by molar-refractivity contribution is 7.27. The molecule has 1 aliphatic rings. The lowest BCUT2D eigenvalue weighted by Gasteiger charge is -2.19. The molecular weight excluding hydrogens is 631 g/mol. The molecule has 4 heterocycles. The molecule has 2 atom stereocenters. The molecule has 0 radical (unpaired) electrons. The summed E-state index contributed by atoms with van der Waals surface area (Å²) in [6.07, 6.45) is 10.9. The molecule has 2 unspecified atom stereocenters. The van der Waals surface area contributed by atoms with Crippen molar-refractivity contribution in [3.63, 3.8) is 0 Å². The fraction of sp³-hybridized carbons (Fsp3) is 0.579. The Hall–Kier alpha value is -2.42. The van der Waals surface area contributed by atoms with Crippen LogP contribution in [-0.4, -0.2) is 36.5 Å². The van der Waals surface area contributed by atoms with E-state index in [-0.39, 0.29) is 11.8 Å². The lowest BCUT2D eigenvalue weighted by molar-refractivity contribution is 0.0651. The molecule has 8 heteroatoms. The van der Waals surface area contributed by atoms with Crippen molar-refractivity contribution in [3.8, 4) is 21.3 Å². The average molecular weight is 682 g/mol. The Morgan fingerprint density at radius 1 is 0.696 bits per heavy atom. The normalized spacial score (nSPS) is 14.5. The molecule has 3 aromatic heterocycles. The van der Waals surface area contributed by atoms with E-state index in [0.717, 1.165) is 91.2 Å². The standard InChI is InChI=1S/C38H51NO4S3/c1-8-13-15-18-39-37(40)30-24(7)45-36(31(30)38(39)41)29-20-28-33(43-22-26(12-5)17-14-9-2)34-27(19-23(6)44-34)32(35(28)46-29)42-21-25(11-4)16-10-3/h19-20,25-26H,8-18,21-22H2,1-7H3. The number of carbonyl (C=O) groups excluding carboxylic acids is 2. The molecule has 0 bridgehead atoms. The number of fused-ring (bicyclic) bond motifs is 3. The number of carbonyl (C=O) groups is 2. The Bertz CT molecular complexity index is 1680. The minimum absolute atomic E-state index is 0.138. The van der Waals surface area contributed by atoms with Gasteiger partial charge in [-0.2, -0.15) is 0 Å². The van der Waals surface area contributed by atoms with Gasteiger partial charge in [0.05, 0.1) is 38.6 Å². The van der Waals surface area contributed by atoms with Gasteiger partial charge in [-0.1, -0.05) is 79.6 Å². The van der Waals surface area contributed by atoms with Crippen molar-refractivity contribution in [1.29, 1.82) is 0 Å². The molecule has 2 amide bonds. The first-order chi connectivity index (χ1) is 22.3. The van der Waals surface area contributed by atoms with Gasteiger partial charge in [-0.15, -0.1) is 34.0 Å². The van der Waals surface area contributed by atoms with Crippen molar-refractivity contribution in [2.75, 3.05) is 19.8 Å². The van der Waals surface area contributed by atoms with Gasteiger partial charge in [-0.25, -0.2) is 0 Å². The Labute approximate surface area is 287 Å². The number of aryl methyl sites for hydroxylation is 2. The third-order valence-corrected chi connectivity index (χ3v) is 12.9. The lowest BCUT2D eigenvalue weighted by Crippen LogP contribution is -2.31. The van der Waals surface area contributed by atoms with Gasteiger partial charge in [0.25, 0.3) is 11.8 Å². The topological polar surface area (TPSA) is 55.8 Å². The highest BCUT2D eigenvalue weighted by Crippen LogP contribution is 2.53. The number of unbranched alkanes of at least 4 members (excludes halogenated alkanes) is 3. The van der Waals surface area contributed by atoms with E-state index in [0.29, 0.717) is 42.7 Å². The maximum absolute atomic E-state index is 13.8. The van der Waals surface area contributed by atoms with Crippen molar-refractivity contribution in [2.24, 2.45) is 11.8 Å². The van der Waals surface area contributed by atoms with E-state index in [9.17, 15) is 9.59 Å². The third kappa shape index (κ3) is 6.91. The summed E-state index contributed by atoms with van der Waals surface area (Å²) in [7, 11) is 0. The predicted octanol–water partition coefficient (Wildman–Crippen LogP) is 12.0. The molecule has 0 saturated carbocycles. The van der Waals surface area contributed by atoms with Gasteiger partial charge in [0, 0.05) is 31.9 Å². The second kappa shape index (κ2) is 15.7. The maximum atomic E-state index is 13.8. The molecule has 0 N–H and O–H groups in total. The van der Waals surface area contributed by atoms with Gasteiger partial charge in [0.15, 0.2) is 0 Å². The molecule has 0 spiro atoms. The van der Waals surface area contributed by atoms with Crippen LogP contribution in [0.15, 0.2) is 12.1 Å². The van der Waals surface area contributed by atoms with Crippen LogP contribution in [0.25, 0.3) is 29.9 Å². The van der Waals surface area contributed by atoms with Gasteiger partial charge in [0.1, 0.15) is 11.5 Å². The number of amides is 2. The first kappa shape index (κ1) is 34.9. The van der Waals surface area contributed by atoms with E-state index < -0.39 is 0 Å². The van der Waals surface area contributed by atoms with E-state index in [1.54, 1.807) is 34.0 Å². The van der Waals surface area contributed by atoms with E-state index in [1.165, 1.54) is 29.0 Å². The van der Waals surface area contributed by atoms with Crippen LogP contribution < -0.4 is 9.47 Å². The fourth-order valence-electron chi connectivity index (χ4n) is 6.60. The highest BCUT2D eigenvalue weighted by Gasteiger charge is 2.41. The molecule has 0 aliphatic carbocycles. The van der Waals surface area contributed by atoms with E-state index in [2.05, 4.69) is 53.7 Å². The lowest BCUT2D eigenvalue weighted by atomic mass is 10.0. The maximum Gasteiger partial charge on any atom is 0.263 e. The summed E-state index contributed by atoms with van der Waals surface area (Å²) in [6.45, 7) is 17.1. The number of benzene rings is 1. The van der Waals surface area contributed by atoms with Crippen molar-refractivity contribution in [1.82, 2.24) is 4.90 Å². The number of nitrogens with zero attached hydrogens (tertiary/aromatic N) is 1. The minimum atomic E-state index is -0.149. The van der Waals surface area contributed by atoms with Crippen LogP contribution in [0.3, 0.4) is 0 Å². The summed E-state index contributed by atoms with van der Waals surface area (Å²) in [5.74, 6) is 2.58. The first-order valence-corrected chi connectivity index (χ1v) is 20.0. The molecule has 1 aliphatic heterocycles. The quantitative estimate of drug-likeness (QED) is 0.0775. The minimum Gasteiger partial charge on any atom is -0.491 e. The molecule has 0 saturated heterocycles.